The minimum atomic E-state index is -0.369. The first kappa shape index (κ1) is 11.6. The Balaban J connectivity index is 2.42. The lowest BCUT2D eigenvalue weighted by Crippen LogP contribution is -2.06. The van der Waals surface area contributed by atoms with E-state index >= 15 is 0 Å². The molecule has 0 radical (unpaired) electrons. The molecule has 0 atom stereocenters. The molecule has 0 aliphatic rings. The van der Waals surface area contributed by atoms with Crippen LogP contribution in [0.25, 0.3) is 5.65 Å². The maximum atomic E-state index is 11.6. The van der Waals surface area contributed by atoms with Gasteiger partial charge in [0.15, 0.2) is 0 Å². The molecule has 2 aromatic heterocycles. The molecule has 2 rings (SSSR count). The summed E-state index contributed by atoms with van der Waals surface area (Å²) in [4.78, 5) is 16.0. The zero-order chi connectivity index (χ0) is 12.3. The van der Waals surface area contributed by atoms with Crippen molar-refractivity contribution in [3.8, 4) is 0 Å². The van der Waals surface area contributed by atoms with Crippen molar-refractivity contribution in [2.75, 3.05) is 20.8 Å². The SMILES string of the molecule is COCCc1cn2c(C(=O)OC)cccc2n1. The number of esters is 1. The lowest BCUT2D eigenvalue weighted by atomic mass is 10.3. The number of methoxy groups -OCH3 is 2. The molecule has 0 spiro atoms. The molecule has 0 aromatic carbocycles. The van der Waals surface area contributed by atoms with E-state index in [1.807, 2.05) is 12.3 Å². The summed E-state index contributed by atoms with van der Waals surface area (Å²) in [5.74, 6) is -0.369. The van der Waals surface area contributed by atoms with Crippen LogP contribution in [0.15, 0.2) is 24.4 Å². The highest BCUT2D eigenvalue weighted by Gasteiger charge is 2.11. The third-order valence-electron chi connectivity index (χ3n) is 2.50. The molecule has 2 heterocycles. The number of aromatic nitrogens is 2. The van der Waals surface area contributed by atoms with Crippen LogP contribution in [0.1, 0.15) is 16.2 Å². The van der Waals surface area contributed by atoms with Gasteiger partial charge in [-0.3, -0.25) is 4.40 Å². The number of pyridine rings is 1. The molecular formula is C12H14N2O3. The number of imidazole rings is 1. The van der Waals surface area contributed by atoms with Gasteiger partial charge in [0.25, 0.3) is 0 Å². The molecule has 0 aliphatic carbocycles. The Kier molecular flexibility index (Phi) is 3.39. The Labute approximate surface area is 99.0 Å². The number of rotatable bonds is 4. The molecule has 0 fully saturated rings. The maximum Gasteiger partial charge on any atom is 0.355 e. The number of carbonyl (C=O) groups excluding carboxylic acids is 1. The van der Waals surface area contributed by atoms with E-state index < -0.39 is 0 Å². The summed E-state index contributed by atoms with van der Waals surface area (Å²) in [5.41, 5.74) is 2.10. The predicted molar refractivity (Wildman–Crippen MR) is 62.1 cm³/mol. The minimum absolute atomic E-state index is 0.369. The van der Waals surface area contributed by atoms with Gasteiger partial charge in [0.2, 0.25) is 0 Å². The Bertz CT molecular complexity index is 534. The first-order valence-electron chi connectivity index (χ1n) is 5.30. The summed E-state index contributed by atoms with van der Waals surface area (Å²) < 4.78 is 11.5. The Morgan fingerprint density at radius 3 is 2.94 bits per heavy atom. The summed E-state index contributed by atoms with van der Waals surface area (Å²) in [5, 5.41) is 0. The van der Waals surface area contributed by atoms with E-state index in [2.05, 4.69) is 4.98 Å². The summed E-state index contributed by atoms with van der Waals surface area (Å²) in [6.07, 6.45) is 2.55. The van der Waals surface area contributed by atoms with Crippen LogP contribution in [0.2, 0.25) is 0 Å². The van der Waals surface area contributed by atoms with Crippen molar-refractivity contribution in [2.24, 2.45) is 0 Å². The quantitative estimate of drug-likeness (QED) is 0.748. The van der Waals surface area contributed by atoms with Crippen molar-refractivity contribution in [3.05, 3.63) is 35.8 Å². The van der Waals surface area contributed by atoms with Gasteiger partial charge in [-0.05, 0) is 12.1 Å². The second-order valence-corrected chi connectivity index (χ2v) is 3.61. The molecule has 0 N–H and O–H groups in total. The molecule has 5 heteroatoms. The first-order valence-corrected chi connectivity index (χ1v) is 5.30. The highest BCUT2D eigenvalue weighted by Crippen LogP contribution is 2.10. The van der Waals surface area contributed by atoms with Crippen molar-refractivity contribution in [1.29, 1.82) is 0 Å². The number of hydrogen-bond acceptors (Lipinski definition) is 4. The van der Waals surface area contributed by atoms with Crippen molar-refractivity contribution in [3.63, 3.8) is 0 Å². The van der Waals surface area contributed by atoms with E-state index in [9.17, 15) is 4.79 Å². The molecule has 0 aliphatic heterocycles. The van der Waals surface area contributed by atoms with E-state index in [4.69, 9.17) is 9.47 Å². The van der Waals surface area contributed by atoms with Crippen LogP contribution in [0, 0.1) is 0 Å². The van der Waals surface area contributed by atoms with Crippen LogP contribution in [-0.2, 0) is 15.9 Å². The average molecular weight is 234 g/mol. The van der Waals surface area contributed by atoms with Gasteiger partial charge in [-0.15, -0.1) is 0 Å². The third-order valence-corrected chi connectivity index (χ3v) is 2.50. The third kappa shape index (κ3) is 2.29. The highest BCUT2D eigenvalue weighted by molar-refractivity contribution is 5.88. The normalized spacial score (nSPS) is 10.7. The highest BCUT2D eigenvalue weighted by atomic mass is 16.5. The summed E-state index contributed by atoms with van der Waals surface area (Å²) >= 11 is 0. The van der Waals surface area contributed by atoms with Gasteiger partial charge in [-0.1, -0.05) is 6.07 Å². The zero-order valence-corrected chi connectivity index (χ0v) is 9.84. The largest absolute Gasteiger partial charge is 0.464 e. The van der Waals surface area contributed by atoms with Gasteiger partial charge in [-0.25, -0.2) is 9.78 Å². The van der Waals surface area contributed by atoms with Crippen LogP contribution in [0.5, 0.6) is 0 Å². The number of carbonyl (C=O) groups is 1. The Hall–Kier alpha value is -1.88. The van der Waals surface area contributed by atoms with E-state index in [0.717, 1.165) is 17.8 Å². The maximum absolute atomic E-state index is 11.6. The van der Waals surface area contributed by atoms with Gasteiger partial charge in [0.1, 0.15) is 11.3 Å². The topological polar surface area (TPSA) is 52.8 Å². The van der Waals surface area contributed by atoms with E-state index in [1.165, 1.54) is 7.11 Å². The second-order valence-electron chi connectivity index (χ2n) is 3.61. The molecule has 0 saturated carbocycles. The molecule has 0 bridgehead atoms. The van der Waals surface area contributed by atoms with E-state index in [0.29, 0.717) is 12.3 Å². The molecule has 90 valence electrons. The number of hydrogen-bond donors (Lipinski definition) is 0. The van der Waals surface area contributed by atoms with Crippen molar-refractivity contribution < 1.29 is 14.3 Å². The van der Waals surface area contributed by atoms with Crippen LogP contribution in [-0.4, -0.2) is 36.2 Å². The molecule has 0 unspecified atom stereocenters. The molecule has 17 heavy (non-hydrogen) atoms. The fourth-order valence-electron chi connectivity index (χ4n) is 1.66. The molecule has 5 nitrogen and oxygen atoms in total. The van der Waals surface area contributed by atoms with Gasteiger partial charge in [-0.2, -0.15) is 0 Å². The monoisotopic (exact) mass is 234 g/mol. The van der Waals surface area contributed by atoms with Crippen molar-refractivity contribution in [1.82, 2.24) is 9.38 Å². The summed E-state index contributed by atoms with van der Waals surface area (Å²) in [6, 6.07) is 5.35. The molecule has 0 saturated heterocycles. The lowest BCUT2D eigenvalue weighted by molar-refractivity contribution is 0.0592. The standard InChI is InChI=1S/C12H14N2O3/c1-16-7-6-9-8-14-10(12(15)17-2)4-3-5-11(14)13-9/h3-5,8H,6-7H2,1-2H3. The Morgan fingerprint density at radius 2 is 2.24 bits per heavy atom. The number of fused-ring (bicyclic) bond motifs is 1. The van der Waals surface area contributed by atoms with Crippen LogP contribution >= 0.6 is 0 Å². The number of ether oxygens (including phenoxy) is 2. The van der Waals surface area contributed by atoms with Gasteiger partial charge in [0.05, 0.1) is 19.4 Å². The van der Waals surface area contributed by atoms with Crippen molar-refractivity contribution in [2.45, 2.75) is 6.42 Å². The van der Waals surface area contributed by atoms with Crippen molar-refractivity contribution >= 4 is 11.6 Å². The smallest absolute Gasteiger partial charge is 0.355 e. The summed E-state index contributed by atoms with van der Waals surface area (Å²) in [6.45, 7) is 0.609. The average Bonchev–Trinajstić information content (AvgIpc) is 2.77. The van der Waals surface area contributed by atoms with E-state index in [-0.39, 0.29) is 5.97 Å². The lowest BCUT2D eigenvalue weighted by Gasteiger charge is -2.01. The minimum Gasteiger partial charge on any atom is -0.464 e. The van der Waals surface area contributed by atoms with Crippen LogP contribution in [0.4, 0.5) is 0 Å². The fourth-order valence-corrected chi connectivity index (χ4v) is 1.66. The molecular weight excluding hydrogens is 220 g/mol. The number of nitrogens with zero attached hydrogens (tertiary/aromatic N) is 2. The fraction of sp³-hybridized carbons (Fsp3) is 0.333. The molecule has 2 aromatic rings. The molecule has 0 amide bonds. The Morgan fingerprint density at radius 1 is 1.41 bits per heavy atom. The second kappa shape index (κ2) is 4.97. The van der Waals surface area contributed by atoms with E-state index in [1.54, 1.807) is 23.6 Å². The summed E-state index contributed by atoms with van der Waals surface area (Å²) in [7, 11) is 3.01. The van der Waals surface area contributed by atoms with Gasteiger partial charge >= 0.3 is 5.97 Å². The van der Waals surface area contributed by atoms with Crippen LogP contribution in [0.3, 0.4) is 0 Å². The first-order chi connectivity index (χ1) is 8.26. The van der Waals surface area contributed by atoms with Gasteiger partial charge in [0, 0.05) is 19.7 Å². The predicted octanol–water partition coefficient (Wildman–Crippen LogP) is 1.31. The van der Waals surface area contributed by atoms with Gasteiger partial charge < -0.3 is 9.47 Å². The van der Waals surface area contributed by atoms with Crippen LogP contribution < -0.4 is 0 Å². The zero-order valence-electron chi connectivity index (χ0n) is 9.84.